The quantitative estimate of drug-likeness (QED) is 0.754. The van der Waals surface area contributed by atoms with Gasteiger partial charge in [0.05, 0.1) is 6.10 Å². The van der Waals surface area contributed by atoms with Crippen LogP contribution in [0.25, 0.3) is 10.9 Å². The van der Waals surface area contributed by atoms with E-state index >= 15 is 0 Å². The monoisotopic (exact) mass is 201 g/mol. The van der Waals surface area contributed by atoms with Crippen molar-refractivity contribution in [3.05, 3.63) is 35.5 Å². The van der Waals surface area contributed by atoms with Gasteiger partial charge in [-0.2, -0.15) is 0 Å². The average Bonchev–Trinajstić information content (AvgIpc) is 2.66. The molecule has 1 N–H and O–H groups in total. The number of H-pyrrole nitrogens is 1. The Morgan fingerprint density at radius 3 is 3.07 bits per heavy atom. The molecule has 0 saturated heterocycles. The molecule has 0 spiro atoms. The lowest BCUT2D eigenvalue weighted by Gasteiger charge is -2.20. The fraction of sp³-hybridized carbons (Fsp3) is 0.385. The molecule has 0 radical (unpaired) electrons. The van der Waals surface area contributed by atoms with Crippen molar-refractivity contribution in [2.75, 3.05) is 7.11 Å². The van der Waals surface area contributed by atoms with Crippen LogP contribution in [0.4, 0.5) is 0 Å². The van der Waals surface area contributed by atoms with Crippen molar-refractivity contribution in [1.29, 1.82) is 0 Å². The second-order valence-electron chi connectivity index (χ2n) is 4.23. The van der Waals surface area contributed by atoms with Gasteiger partial charge in [0.15, 0.2) is 0 Å². The summed E-state index contributed by atoms with van der Waals surface area (Å²) < 4.78 is 5.45. The second-order valence-corrected chi connectivity index (χ2v) is 4.23. The number of rotatable bonds is 1. The Kier molecular flexibility index (Phi) is 2.03. The Hall–Kier alpha value is -1.28. The van der Waals surface area contributed by atoms with Crippen LogP contribution in [0.5, 0.6) is 0 Å². The minimum Gasteiger partial charge on any atom is -0.381 e. The normalized spacial score (nSPS) is 20.5. The third kappa shape index (κ3) is 1.37. The molecule has 2 aromatic rings. The van der Waals surface area contributed by atoms with E-state index in [1.54, 1.807) is 0 Å². The third-order valence-corrected chi connectivity index (χ3v) is 3.38. The van der Waals surface area contributed by atoms with Crippen molar-refractivity contribution in [3.8, 4) is 0 Å². The number of aromatic amines is 1. The molecule has 0 saturated carbocycles. The lowest BCUT2D eigenvalue weighted by Crippen LogP contribution is -2.20. The van der Waals surface area contributed by atoms with Gasteiger partial charge in [-0.25, -0.2) is 0 Å². The van der Waals surface area contributed by atoms with E-state index in [9.17, 15) is 0 Å². The highest BCUT2D eigenvalue weighted by molar-refractivity contribution is 5.84. The summed E-state index contributed by atoms with van der Waals surface area (Å²) in [6.45, 7) is 0. The van der Waals surface area contributed by atoms with Crippen molar-refractivity contribution < 1.29 is 4.74 Å². The maximum absolute atomic E-state index is 5.45. The van der Waals surface area contributed by atoms with Gasteiger partial charge in [0.1, 0.15) is 0 Å². The number of para-hydroxylation sites is 1. The van der Waals surface area contributed by atoms with Crippen LogP contribution in [-0.2, 0) is 17.6 Å². The number of hydrogen-bond donors (Lipinski definition) is 1. The summed E-state index contributed by atoms with van der Waals surface area (Å²) >= 11 is 0. The van der Waals surface area contributed by atoms with Gasteiger partial charge in [0.2, 0.25) is 0 Å². The van der Waals surface area contributed by atoms with Crippen molar-refractivity contribution in [1.82, 2.24) is 4.98 Å². The number of aryl methyl sites for hydroxylation is 1. The van der Waals surface area contributed by atoms with Crippen LogP contribution in [0.1, 0.15) is 17.7 Å². The van der Waals surface area contributed by atoms with Gasteiger partial charge in [-0.15, -0.1) is 0 Å². The molecule has 1 atom stereocenters. The minimum atomic E-state index is 0.400. The van der Waals surface area contributed by atoms with Gasteiger partial charge in [0.25, 0.3) is 0 Å². The first kappa shape index (κ1) is 8.98. The first-order valence-electron chi connectivity index (χ1n) is 5.49. The molecule has 0 aliphatic heterocycles. The Labute approximate surface area is 89.3 Å². The van der Waals surface area contributed by atoms with E-state index in [-0.39, 0.29) is 0 Å². The van der Waals surface area contributed by atoms with Crippen LogP contribution in [0.3, 0.4) is 0 Å². The summed E-state index contributed by atoms with van der Waals surface area (Å²) in [7, 11) is 1.81. The summed E-state index contributed by atoms with van der Waals surface area (Å²) in [5, 5.41) is 1.37. The molecule has 0 unspecified atom stereocenters. The molecule has 2 heteroatoms. The van der Waals surface area contributed by atoms with Crippen LogP contribution in [0.15, 0.2) is 24.3 Å². The molecule has 1 aromatic heterocycles. The number of aromatic nitrogens is 1. The van der Waals surface area contributed by atoms with Crippen LogP contribution in [0.2, 0.25) is 0 Å². The smallest absolute Gasteiger partial charge is 0.0616 e. The summed E-state index contributed by atoms with van der Waals surface area (Å²) in [6, 6.07) is 8.53. The molecule has 2 nitrogen and oxygen atoms in total. The Morgan fingerprint density at radius 2 is 2.20 bits per heavy atom. The van der Waals surface area contributed by atoms with Crippen molar-refractivity contribution >= 4 is 10.9 Å². The summed E-state index contributed by atoms with van der Waals surface area (Å²) in [5.41, 5.74) is 4.13. The molecule has 1 aliphatic rings. The summed E-state index contributed by atoms with van der Waals surface area (Å²) in [5.74, 6) is 0. The van der Waals surface area contributed by atoms with E-state index in [0.717, 1.165) is 19.3 Å². The number of hydrogen-bond acceptors (Lipinski definition) is 1. The topological polar surface area (TPSA) is 25.0 Å². The van der Waals surface area contributed by atoms with Gasteiger partial charge in [-0.1, -0.05) is 18.2 Å². The van der Waals surface area contributed by atoms with Crippen LogP contribution >= 0.6 is 0 Å². The molecular formula is C13H15NO. The lowest BCUT2D eigenvalue weighted by atomic mass is 9.93. The van der Waals surface area contributed by atoms with E-state index in [2.05, 4.69) is 29.2 Å². The molecule has 0 bridgehead atoms. The summed E-state index contributed by atoms with van der Waals surface area (Å²) in [6.07, 6.45) is 3.70. The number of ether oxygens (including phenoxy) is 1. The van der Waals surface area contributed by atoms with Crippen molar-refractivity contribution in [2.24, 2.45) is 0 Å². The van der Waals surface area contributed by atoms with Gasteiger partial charge < -0.3 is 9.72 Å². The molecule has 0 amide bonds. The maximum Gasteiger partial charge on any atom is 0.0616 e. The second kappa shape index (κ2) is 3.38. The number of benzene rings is 1. The minimum absolute atomic E-state index is 0.400. The standard InChI is InChI=1S/C13H15NO/c1-15-9-6-7-13-11(8-9)10-4-2-3-5-12(10)14-13/h2-5,9,14H,6-8H2,1H3/t9-/m0/s1. The van der Waals surface area contributed by atoms with Crippen molar-refractivity contribution in [3.63, 3.8) is 0 Å². The van der Waals surface area contributed by atoms with Crippen LogP contribution < -0.4 is 0 Å². The van der Waals surface area contributed by atoms with E-state index in [1.165, 1.54) is 22.2 Å². The molecule has 3 rings (SSSR count). The van der Waals surface area contributed by atoms with Crippen LogP contribution in [0, 0.1) is 0 Å². The zero-order valence-electron chi connectivity index (χ0n) is 8.92. The summed E-state index contributed by atoms with van der Waals surface area (Å²) in [4.78, 5) is 3.51. The zero-order valence-corrected chi connectivity index (χ0v) is 8.92. The first-order valence-corrected chi connectivity index (χ1v) is 5.49. The molecule has 15 heavy (non-hydrogen) atoms. The molecular weight excluding hydrogens is 186 g/mol. The number of methoxy groups -OCH3 is 1. The maximum atomic E-state index is 5.45. The zero-order chi connectivity index (χ0) is 10.3. The van der Waals surface area contributed by atoms with E-state index in [0.29, 0.717) is 6.10 Å². The number of nitrogens with one attached hydrogen (secondary N) is 1. The molecule has 1 aliphatic carbocycles. The van der Waals surface area contributed by atoms with Gasteiger partial charge >= 0.3 is 0 Å². The van der Waals surface area contributed by atoms with Gasteiger partial charge in [-0.3, -0.25) is 0 Å². The highest BCUT2D eigenvalue weighted by Gasteiger charge is 2.21. The fourth-order valence-electron chi connectivity index (χ4n) is 2.54. The predicted molar refractivity (Wildman–Crippen MR) is 61.1 cm³/mol. The predicted octanol–water partition coefficient (Wildman–Crippen LogP) is 2.67. The van der Waals surface area contributed by atoms with Gasteiger partial charge in [-0.05, 0) is 24.5 Å². The molecule has 0 fully saturated rings. The molecule has 78 valence electrons. The van der Waals surface area contributed by atoms with Crippen molar-refractivity contribution in [2.45, 2.75) is 25.4 Å². The average molecular weight is 201 g/mol. The first-order chi connectivity index (χ1) is 7.38. The Morgan fingerprint density at radius 1 is 1.33 bits per heavy atom. The molecule has 1 heterocycles. The fourth-order valence-corrected chi connectivity index (χ4v) is 2.54. The van der Waals surface area contributed by atoms with Gasteiger partial charge in [0, 0.05) is 30.1 Å². The highest BCUT2D eigenvalue weighted by Crippen LogP contribution is 2.29. The molecule has 1 aromatic carbocycles. The Balaban J connectivity index is 2.14. The van der Waals surface area contributed by atoms with E-state index in [1.807, 2.05) is 7.11 Å². The number of fused-ring (bicyclic) bond motifs is 3. The van der Waals surface area contributed by atoms with E-state index in [4.69, 9.17) is 4.74 Å². The van der Waals surface area contributed by atoms with E-state index < -0.39 is 0 Å². The highest BCUT2D eigenvalue weighted by atomic mass is 16.5. The SMILES string of the molecule is CO[C@H]1CCc2[nH]c3ccccc3c2C1. The van der Waals surface area contributed by atoms with Crippen LogP contribution in [-0.4, -0.2) is 18.2 Å². The largest absolute Gasteiger partial charge is 0.381 e. The third-order valence-electron chi connectivity index (χ3n) is 3.38. The lowest BCUT2D eigenvalue weighted by molar-refractivity contribution is 0.0911. The Bertz CT molecular complexity index is 486.